The molecular weight excluding hydrogens is 343 g/mol. The lowest BCUT2D eigenvalue weighted by molar-refractivity contribution is -0.141. The zero-order valence-electron chi connectivity index (χ0n) is 12.7. The zero-order valence-corrected chi connectivity index (χ0v) is 13.5. The topological polar surface area (TPSA) is 65.1 Å². The van der Waals surface area contributed by atoms with Crippen LogP contribution in [-0.4, -0.2) is 30.4 Å². The van der Waals surface area contributed by atoms with Crippen LogP contribution in [0.25, 0.3) is 5.78 Å². The van der Waals surface area contributed by atoms with E-state index in [1.807, 2.05) is 0 Å². The molecule has 0 saturated heterocycles. The summed E-state index contributed by atoms with van der Waals surface area (Å²) in [6, 6.07) is 3.69. The van der Waals surface area contributed by atoms with Gasteiger partial charge in [-0.05, 0) is 24.8 Å². The lowest BCUT2D eigenvalue weighted by Crippen LogP contribution is -2.20. The first kappa shape index (κ1) is 16.5. The van der Waals surface area contributed by atoms with Gasteiger partial charge in [0.05, 0.1) is 6.54 Å². The summed E-state index contributed by atoms with van der Waals surface area (Å²) in [7, 11) is 0. The Labute approximate surface area is 138 Å². The highest BCUT2D eigenvalue weighted by molar-refractivity contribution is 7.98. The number of hydrogen-bond acceptors (Lipinski definition) is 5. The second-order valence-corrected chi connectivity index (χ2v) is 5.84. The molecule has 3 heterocycles. The smallest absolute Gasteiger partial charge is 0.310 e. The van der Waals surface area contributed by atoms with Crippen molar-refractivity contribution < 1.29 is 13.2 Å². The number of nitrogens with zero attached hydrogens (tertiary/aromatic N) is 5. The number of halogens is 3. The molecule has 0 amide bonds. The third kappa shape index (κ3) is 3.01. The number of fused-ring (bicyclic) bond motifs is 1. The van der Waals surface area contributed by atoms with Gasteiger partial charge in [-0.2, -0.15) is 22.7 Å². The van der Waals surface area contributed by atoms with E-state index in [-0.39, 0.29) is 12.1 Å². The number of rotatable bonds is 3. The fraction of sp³-hybridized carbons (Fsp3) is 0.286. The Hall–Kier alpha value is -2.36. The van der Waals surface area contributed by atoms with E-state index < -0.39 is 11.9 Å². The first-order valence-electron chi connectivity index (χ1n) is 6.83. The quantitative estimate of drug-likeness (QED) is 0.675. The van der Waals surface area contributed by atoms with E-state index in [0.29, 0.717) is 22.2 Å². The van der Waals surface area contributed by atoms with Crippen LogP contribution in [0.15, 0.2) is 34.3 Å². The Morgan fingerprint density at radius 3 is 2.62 bits per heavy atom. The van der Waals surface area contributed by atoms with Crippen molar-refractivity contribution in [3.63, 3.8) is 0 Å². The average Bonchev–Trinajstić information content (AvgIpc) is 2.96. The summed E-state index contributed by atoms with van der Waals surface area (Å²) in [5.74, 6) is 0.337. The summed E-state index contributed by atoms with van der Waals surface area (Å²) in [6.07, 6.45) is -1.52. The van der Waals surface area contributed by atoms with Crippen LogP contribution in [0.1, 0.15) is 17.0 Å². The van der Waals surface area contributed by atoms with E-state index in [0.717, 1.165) is 6.07 Å². The fourth-order valence-electron chi connectivity index (χ4n) is 2.23. The minimum atomic E-state index is -4.47. The monoisotopic (exact) mass is 355 g/mol. The Morgan fingerprint density at radius 2 is 2.04 bits per heavy atom. The largest absolute Gasteiger partial charge is 0.433 e. The molecule has 0 atom stereocenters. The van der Waals surface area contributed by atoms with Gasteiger partial charge >= 0.3 is 6.18 Å². The van der Waals surface area contributed by atoms with Crippen LogP contribution >= 0.6 is 11.8 Å². The summed E-state index contributed by atoms with van der Waals surface area (Å²) in [5, 5.41) is 4.53. The van der Waals surface area contributed by atoms with Gasteiger partial charge in [0.1, 0.15) is 5.69 Å². The predicted molar refractivity (Wildman–Crippen MR) is 82.1 cm³/mol. The molecule has 0 bridgehead atoms. The minimum absolute atomic E-state index is 0.229. The molecule has 0 N–H and O–H groups in total. The highest BCUT2D eigenvalue weighted by atomic mass is 32.2. The summed E-state index contributed by atoms with van der Waals surface area (Å²) in [5.41, 5.74) is -0.0601. The molecule has 0 unspecified atom stereocenters. The van der Waals surface area contributed by atoms with Gasteiger partial charge in [-0.1, -0.05) is 17.8 Å². The van der Waals surface area contributed by atoms with E-state index in [1.54, 1.807) is 17.7 Å². The van der Waals surface area contributed by atoms with Crippen molar-refractivity contribution in [3.05, 3.63) is 51.7 Å². The highest BCUT2D eigenvalue weighted by Crippen LogP contribution is 2.27. The molecule has 0 aliphatic rings. The lowest BCUT2D eigenvalue weighted by Gasteiger charge is -2.12. The third-order valence-corrected chi connectivity index (χ3v) is 3.96. The predicted octanol–water partition coefficient (Wildman–Crippen LogP) is 2.38. The van der Waals surface area contributed by atoms with Crippen LogP contribution in [0.3, 0.4) is 0 Å². The van der Waals surface area contributed by atoms with E-state index in [9.17, 15) is 18.0 Å². The molecule has 3 aromatic heterocycles. The van der Waals surface area contributed by atoms with Gasteiger partial charge in [0.15, 0.2) is 0 Å². The standard InChI is InChI=1S/C14H12F3N5OS/c1-8-5-11(23)22-13(19-12(20-22)24-2)21(8)7-9-3-4-10(18-6-9)14(15,16)17/h3-6H,7H2,1-2H3. The Kier molecular flexibility index (Phi) is 4.08. The van der Waals surface area contributed by atoms with Crippen LogP contribution in [0, 0.1) is 6.92 Å². The Balaban J connectivity index is 2.04. The molecular formula is C14H12F3N5OS. The van der Waals surface area contributed by atoms with Crippen molar-refractivity contribution in [2.75, 3.05) is 6.26 Å². The molecule has 126 valence electrons. The number of aryl methyl sites for hydroxylation is 1. The minimum Gasteiger partial charge on any atom is -0.310 e. The van der Waals surface area contributed by atoms with Crippen LogP contribution < -0.4 is 5.56 Å². The molecule has 10 heteroatoms. The SMILES string of the molecule is CSc1nc2n(Cc3ccc(C(F)(F)F)nc3)c(C)cc(=O)n2n1. The number of aromatic nitrogens is 5. The van der Waals surface area contributed by atoms with Crippen molar-refractivity contribution in [3.8, 4) is 0 Å². The van der Waals surface area contributed by atoms with Gasteiger partial charge in [-0.3, -0.25) is 9.78 Å². The Bertz CT molecular complexity index is 946. The van der Waals surface area contributed by atoms with E-state index >= 15 is 0 Å². The molecule has 6 nitrogen and oxygen atoms in total. The normalized spacial score (nSPS) is 12.0. The highest BCUT2D eigenvalue weighted by Gasteiger charge is 2.32. The van der Waals surface area contributed by atoms with E-state index in [1.165, 1.54) is 34.6 Å². The van der Waals surface area contributed by atoms with E-state index in [4.69, 9.17) is 0 Å². The number of alkyl halides is 3. The second kappa shape index (κ2) is 5.93. The van der Waals surface area contributed by atoms with Gasteiger partial charge in [-0.25, -0.2) is 0 Å². The van der Waals surface area contributed by atoms with Crippen LogP contribution in [0.5, 0.6) is 0 Å². The maximum atomic E-state index is 12.6. The van der Waals surface area contributed by atoms with E-state index in [2.05, 4.69) is 15.1 Å². The second-order valence-electron chi connectivity index (χ2n) is 5.07. The molecule has 3 aromatic rings. The first-order valence-corrected chi connectivity index (χ1v) is 8.05. The maximum Gasteiger partial charge on any atom is 0.433 e. The maximum absolute atomic E-state index is 12.6. The number of thioether (sulfide) groups is 1. The lowest BCUT2D eigenvalue weighted by atomic mass is 10.2. The van der Waals surface area contributed by atoms with Crippen molar-refractivity contribution in [2.24, 2.45) is 0 Å². The summed E-state index contributed by atoms with van der Waals surface area (Å²) in [4.78, 5) is 19.7. The molecule has 0 aromatic carbocycles. The van der Waals surface area contributed by atoms with Gasteiger partial charge in [0.25, 0.3) is 5.56 Å². The third-order valence-electron chi connectivity index (χ3n) is 3.42. The Morgan fingerprint density at radius 1 is 1.29 bits per heavy atom. The van der Waals surface area contributed by atoms with Crippen LogP contribution in [0.2, 0.25) is 0 Å². The summed E-state index contributed by atoms with van der Waals surface area (Å²) in [6.45, 7) is 1.96. The van der Waals surface area contributed by atoms with Gasteiger partial charge in [0, 0.05) is 18.0 Å². The van der Waals surface area contributed by atoms with Gasteiger partial charge in [0.2, 0.25) is 10.9 Å². The zero-order chi connectivity index (χ0) is 17.5. The summed E-state index contributed by atoms with van der Waals surface area (Å²) < 4.78 is 40.6. The van der Waals surface area contributed by atoms with Crippen LogP contribution in [0.4, 0.5) is 13.2 Å². The van der Waals surface area contributed by atoms with Crippen molar-refractivity contribution in [2.45, 2.75) is 24.8 Å². The molecule has 24 heavy (non-hydrogen) atoms. The average molecular weight is 355 g/mol. The molecule has 0 aliphatic heterocycles. The molecule has 0 fully saturated rings. The molecule has 0 aliphatic carbocycles. The van der Waals surface area contributed by atoms with Gasteiger partial charge in [-0.15, -0.1) is 5.10 Å². The van der Waals surface area contributed by atoms with Crippen molar-refractivity contribution in [1.82, 2.24) is 24.1 Å². The number of pyridine rings is 1. The van der Waals surface area contributed by atoms with Crippen LogP contribution in [-0.2, 0) is 12.7 Å². The molecule has 3 rings (SSSR count). The van der Waals surface area contributed by atoms with Crippen molar-refractivity contribution in [1.29, 1.82) is 0 Å². The first-order chi connectivity index (χ1) is 11.3. The fourth-order valence-corrected chi connectivity index (χ4v) is 2.57. The molecule has 0 spiro atoms. The van der Waals surface area contributed by atoms with Crippen molar-refractivity contribution >= 4 is 17.5 Å². The molecule has 0 radical (unpaired) electrons. The summed E-state index contributed by atoms with van der Waals surface area (Å²) >= 11 is 1.30. The molecule has 0 saturated carbocycles. The number of hydrogen-bond donors (Lipinski definition) is 0. The van der Waals surface area contributed by atoms with Gasteiger partial charge < -0.3 is 4.57 Å².